The summed E-state index contributed by atoms with van der Waals surface area (Å²) in [6.07, 6.45) is 0.639. The number of nitrogens with one attached hydrogen (secondary N) is 1. The molecule has 26 heavy (non-hydrogen) atoms. The van der Waals surface area contributed by atoms with Crippen LogP contribution < -0.4 is 5.32 Å². The van der Waals surface area contributed by atoms with E-state index in [0.29, 0.717) is 6.42 Å². The highest BCUT2D eigenvalue weighted by molar-refractivity contribution is 5.94. The highest BCUT2D eigenvalue weighted by Gasteiger charge is 2.14. The average molecular weight is 353 g/mol. The average Bonchev–Trinajstić information content (AvgIpc) is 2.65. The van der Waals surface area contributed by atoms with Gasteiger partial charge in [0.25, 0.3) is 11.6 Å². The number of carbonyl (C=O) groups excluding carboxylic acids is 2. The van der Waals surface area contributed by atoms with E-state index in [0.717, 1.165) is 11.6 Å². The summed E-state index contributed by atoms with van der Waals surface area (Å²) in [6, 6.07) is 14.6. The van der Waals surface area contributed by atoms with E-state index in [-0.39, 0.29) is 23.4 Å². The highest BCUT2D eigenvalue weighted by Crippen LogP contribution is 2.21. The maximum Gasteiger partial charge on any atom is 0.306 e. The fourth-order valence-electron chi connectivity index (χ4n) is 2.14. The Hall–Kier alpha value is -3.73. The molecule has 8 heteroatoms. The number of ether oxygens (including phenoxy) is 1. The second-order valence-corrected chi connectivity index (χ2v) is 5.29. The third-order valence-corrected chi connectivity index (χ3v) is 3.43. The molecule has 1 amide bonds. The zero-order chi connectivity index (χ0) is 18.9. The standard InChI is InChI=1S/C18H15N3O5/c19-11-14-10-15(21(24)25)7-8-16(14)20-17(22)12-26-18(23)9-6-13-4-2-1-3-5-13/h1-5,7-8,10H,6,9,12H2,(H,20,22). The van der Waals surface area contributed by atoms with Crippen molar-refractivity contribution in [1.82, 2.24) is 0 Å². The van der Waals surface area contributed by atoms with Crippen LogP contribution in [0.3, 0.4) is 0 Å². The van der Waals surface area contributed by atoms with E-state index in [1.165, 1.54) is 12.1 Å². The zero-order valence-electron chi connectivity index (χ0n) is 13.7. The lowest BCUT2D eigenvalue weighted by molar-refractivity contribution is -0.384. The van der Waals surface area contributed by atoms with E-state index in [9.17, 15) is 19.7 Å². The lowest BCUT2D eigenvalue weighted by Gasteiger charge is -2.08. The van der Waals surface area contributed by atoms with Gasteiger partial charge < -0.3 is 10.1 Å². The van der Waals surface area contributed by atoms with Gasteiger partial charge in [-0.1, -0.05) is 30.3 Å². The molecule has 0 spiro atoms. The molecule has 0 atom stereocenters. The summed E-state index contributed by atoms with van der Waals surface area (Å²) in [5, 5.41) is 22.1. The van der Waals surface area contributed by atoms with Crippen molar-refractivity contribution in [2.45, 2.75) is 12.8 Å². The number of amides is 1. The van der Waals surface area contributed by atoms with Crippen molar-refractivity contribution in [1.29, 1.82) is 5.26 Å². The Kier molecular flexibility index (Phi) is 6.40. The molecule has 0 fully saturated rings. The molecule has 0 heterocycles. The summed E-state index contributed by atoms with van der Waals surface area (Å²) in [7, 11) is 0. The molecule has 132 valence electrons. The number of benzene rings is 2. The number of non-ortho nitro benzene ring substituents is 1. The number of carbonyl (C=O) groups is 2. The highest BCUT2D eigenvalue weighted by atomic mass is 16.6. The van der Waals surface area contributed by atoms with Crippen LogP contribution in [0, 0.1) is 21.4 Å². The van der Waals surface area contributed by atoms with Crippen molar-refractivity contribution in [2.75, 3.05) is 11.9 Å². The molecule has 0 aromatic heterocycles. The number of nitro groups is 1. The first-order valence-electron chi connectivity index (χ1n) is 7.67. The van der Waals surface area contributed by atoms with Crippen LogP contribution in [0.4, 0.5) is 11.4 Å². The predicted molar refractivity (Wildman–Crippen MR) is 92.2 cm³/mol. The van der Waals surface area contributed by atoms with Crippen LogP contribution in [0.2, 0.25) is 0 Å². The summed E-state index contributed by atoms with van der Waals surface area (Å²) in [4.78, 5) is 33.6. The monoisotopic (exact) mass is 353 g/mol. The molecule has 2 rings (SSSR count). The number of nitrogens with zero attached hydrogens (tertiary/aromatic N) is 2. The second-order valence-electron chi connectivity index (χ2n) is 5.29. The minimum absolute atomic E-state index is 0.0528. The third-order valence-electron chi connectivity index (χ3n) is 3.43. The zero-order valence-corrected chi connectivity index (χ0v) is 13.7. The Balaban J connectivity index is 1.84. The summed E-state index contributed by atoms with van der Waals surface area (Å²) < 4.78 is 4.89. The van der Waals surface area contributed by atoms with Gasteiger partial charge in [0.2, 0.25) is 0 Å². The Morgan fingerprint density at radius 2 is 1.92 bits per heavy atom. The molecule has 0 unspecified atom stereocenters. The van der Waals surface area contributed by atoms with Crippen LogP contribution in [0.15, 0.2) is 48.5 Å². The molecule has 1 N–H and O–H groups in total. The van der Waals surface area contributed by atoms with E-state index in [1.807, 2.05) is 30.3 Å². The largest absolute Gasteiger partial charge is 0.456 e. The number of aryl methyl sites for hydroxylation is 1. The topological polar surface area (TPSA) is 122 Å². The minimum atomic E-state index is -0.638. The quantitative estimate of drug-likeness (QED) is 0.464. The molecule has 0 radical (unpaired) electrons. The maximum absolute atomic E-state index is 11.8. The lowest BCUT2D eigenvalue weighted by Crippen LogP contribution is -2.21. The molecule has 0 bridgehead atoms. The number of esters is 1. The Morgan fingerprint density at radius 3 is 2.58 bits per heavy atom. The van der Waals surface area contributed by atoms with Gasteiger partial charge in [-0.25, -0.2) is 0 Å². The fraction of sp³-hybridized carbons (Fsp3) is 0.167. The van der Waals surface area contributed by atoms with Crippen molar-refractivity contribution in [3.63, 3.8) is 0 Å². The second kappa shape index (κ2) is 8.94. The van der Waals surface area contributed by atoms with Gasteiger partial charge in [-0.05, 0) is 18.1 Å². The molecule has 2 aromatic rings. The molecule has 0 aliphatic rings. The van der Waals surface area contributed by atoms with Gasteiger partial charge in [0.05, 0.1) is 16.2 Å². The molecular formula is C18H15N3O5. The number of anilines is 1. The van der Waals surface area contributed by atoms with E-state index in [4.69, 9.17) is 10.00 Å². The van der Waals surface area contributed by atoms with E-state index < -0.39 is 23.4 Å². The lowest BCUT2D eigenvalue weighted by atomic mass is 10.1. The summed E-state index contributed by atoms with van der Waals surface area (Å²) >= 11 is 0. The van der Waals surface area contributed by atoms with Gasteiger partial charge in [-0.2, -0.15) is 5.26 Å². The van der Waals surface area contributed by atoms with Gasteiger partial charge in [-0.15, -0.1) is 0 Å². The number of hydrogen-bond donors (Lipinski definition) is 1. The molecule has 0 aliphatic heterocycles. The van der Waals surface area contributed by atoms with Gasteiger partial charge in [0.15, 0.2) is 6.61 Å². The van der Waals surface area contributed by atoms with Crippen molar-refractivity contribution in [3.05, 3.63) is 69.8 Å². The van der Waals surface area contributed by atoms with E-state index >= 15 is 0 Å². The number of nitro benzene ring substituents is 1. The molecule has 0 saturated heterocycles. The number of rotatable bonds is 7. The summed E-state index contributed by atoms with van der Waals surface area (Å²) in [6.45, 7) is -0.504. The smallest absolute Gasteiger partial charge is 0.306 e. The Morgan fingerprint density at radius 1 is 1.19 bits per heavy atom. The molecule has 8 nitrogen and oxygen atoms in total. The van der Waals surface area contributed by atoms with Gasteiger partial charge in [0, 0.05) is 18.6 Å². The number of hydrogen-bond acceptors (Lipinski definition) is 6. The van der Waals surface area contributed by atoms with Crippen LogP contribution in [-0.2, 0) is 20.7 Å². The summed E-state index contributed by atoms with van der Waals surface area (Å²) in [5.41, 5.74) is 0.789. The Labute approximate surface area is 149 Å². The maximum atomic E-state index is 11.8. The Bertz CT molecular complexity index is 859. The first-order chi connectivity index (χ1) is 12.5. The predicted octanol–water partition coefficient (Wildman–Crippen LogP) is 2.58. The fourth-order valence-corrected chi connectivity index (χ4v) is 2.14. The van der Waals surface area contributed by atoms with Crippen LogP contribution in [0.1, 0.15) is 17.5 Å². The SMILES string of the molecule is N#Cc1cc([N+](=O)[O-])ccc1NC(=O)COC(=O)CCc1ccccc1. The third kappa shape index (κ3) is 5.42. The van der Waals surface area contributed by atoms with Crippen LogP contribution in [0.5, 0.6) is 0 Å². The van der Waals surface area contributed by atoms with Crippen LogP contribution in [-0.4, -0.2) is 23.4 Å². The van der Waals surface area contributed by atoms with E-state index in [1.54, 1.807) is 6.07 Å². The van der Waals surface area contributed by atoms with E-state index in [2.05, 4.69) is 5.32 Å². The van der Waals surface area contributed by atoms with Gasteiger partial charge >= 0.3 is 5.97 Å². The first-order valence-corrected chi connectivity index (χ1v) is 7.67. The summed E-state index contributed by atoms with van der Waals surface area (Å²) in [5.74, 6) is -1.16. The first kappa shape index (κ1) is 18.6. The minimum Gasteiger partial charge on any atom is -0.456 e. The van der Waals surface area contributed by atoms with Gasteiger partial charge in [-0.3, -0.25) is 19.7 Å². The van der Waals surface area contributed by atoms with Crippen molar-refractivity contribution in [2.24, 2.45) is 0 Å². The normalized spacial score (nSPS) is 9.81. The van der Waals surface area contributed by atoms with Gasteiger partial charge in [0.1, 0.15) is 6.07 Å². The van der Waals surface area contributed by atoms with Crippen LogP contribution >= 0.6 is 0 Å². The van der Waals surface area contributed by atoms with Crippen molar-refractivity contribution >= 4 is 23.3 Å². The molecular weight excluding hydrogens is 338 g/mol. The van der Waals surface area contributed by atoms with Crippen LogP contribution in [0.25, 0.3) is 0 Å². The molecule has 0 saturated carbocycles. The van der Waals surface area contributed by atoms with Crippen molar-refractivity contribution < 1.29 is 19.2 Å². The number of nitriles is 1. The molecule has 0 aliphatic carbocycles. The van der Waals surface area contributed by atoms with Crippen molar-refractivity contribution in [3.8, 4) is 6.07 Å². The molecule has 2 aromatic carbocycles.